The van der Waals surface area contributed by atoms with E-state index >= 15 is 0 Å². The second kappa shape index (κ2) is 3.50. The van der Waals surface area contributed by atoms with Crippen molar-refractivity contribution in [2.45, 2.75) is 0 Å². The zero-order valence-electron chi connectivity index (χ0n) is 7.78. The molecule has 0 nitrogen and oxygen atoms in total. The van der Waals surface area contributed by atoms with Crippen LogP contribution in [-0.2, 0) is 0 Å². The fraction of sp³-hybridized carbons (Fsp3) is 0. The Morgan fingerprint density at radius 1 is 0.800 bits per heavy atom. The fourth-order valence-electron chi connectivity index (χ4n) is 1.94. The van der Waals surface area contributed by atoms with E-state index in [9.17, 15) is 0 Å². The van der Waals surface area contributed by atoms with Gasteiger partial charge >= 0.3 is 103 Å². The van der Waals surface area contributed by atoms with Crippen molar-refractivity contribution in [2.24, 2.45) is 0 Å². The van der Waals surface area contributed by atoms with Crippen LogP contribution in [0.5, 0.6) is 0 Å². The summed E-state index contributed by atoms with van der Waals surface area (Å²) in [7, 11) is 6.74. The Hall–Kier alpha value is -0.000390. The van der Waals surface area contributed by atoms with E-state index in [2.05, 4.69) is 61.3 Å². The van der Waals surface area contributed by atoms with Crippen LogP contribution in [0.15, 0.2) is 48.5 Å². The Morgan fingerprint density at radius 2 is 1.20 bits per heavy atom. The van der Waals surface area contributed by atoms with Crippen LogP contribution in [0, 0.1) is 0 Å². The molecule has 0 aromatic heterocycles. The predicted molar refractivity (Wildman–Crippen MR) is 71.7 cm³/mol. The monoisotopic (exact) mass is 396 g/mol. The number of benzene rings is 2. The minimum absolute atomic E-state index is 1.31. The van der Waals surface area contributed by atoms with Gasteiger partial charge in [-0.25, -0.2) is 0 Å². The van der Waals surface area contributed by atoms with E-state index in [-0.39, 0.29) is 0 Å². The summed E-state index contributed by atoms with van der Waals surface area (Å²) in [5.74, 6) is 0. The standard InChI is InChI=1S/C12H8BrClTe/c13-15(14)11-7-3-1-5-9(11)10-6-2-4-8-12(10)15/h1-8H. The van der Waals surface area contributed by atoms with Gasteiger partial charge in [0, 0.05) is 0 Å². The van der Waals surface area contributed by atoms with Gasteiger partial charge in [-0.15, -0.1) is 0 Å². The summed E-state index contributed by atoms with van der Waals surface area (Å²) in [6.07, 6.45) is 0. The van der Waals surface area contributed by atoms with Crippen LogP contribution in [0.4, 0.5) is 0 Å². The SMILES string of the molecule is Cl[Te]1(Br)c2ccccc2-c2ccccc21. The summed E-state index contributed by atoms with van der Waals surface area (Å²) in [6.45, 7) is 0. The molecule has 0 saturated heterocycles. The van der Waals surface area contributed by atoms with Gasteiger partial charge in [0.1, 0.15) is 0 Å². The van der Waals surface area contributed by atoms with E-state index < -0.39 is 14.9 Å². The number of hydrogen-bond donors (Lipinski definition) is 0. The quantitative estimate of drug-likeness (QED) is 0.602. The molecule has 2 aromatic rings. The molecule has 1 heterocycles. The van der Waals surface area contributed by atoms with E-state index in [1.165, 1.54) is 18.3 Å². The Labute approximate surface area is 103 Å². The maximum absolute atomic E-state index is 6.74. The molecule has 3 rings (SSSR count). The normalized spacial score (nSPS) is 18.0. The summed E-state index contributed by atoms with van der Waals surface area (Å²) in [5, 5.41) is 0. The first-order chi connectivity index (χ1) is 7.21. The molecule has 0 radical (unpaired) electrons. The molecule has 15 heavy (non-hydrogen) atoms. The van der Waals surface area contributed by atoms with Crippen LogP contribution in [0.1, 0.15) is 0 Å². The van der Waals surface area contributed by atoms with Gasteiger partial charge in [-0.05, 0) is 0 Å². The molecule has 0 N–H and O–H groups in total. The topological polar surface area (TPSA) is 0 Å². The molecule has 0 fully saturated rings. The first-order valence-corrected chi connectivity index (χ1v) is 15.1. The van der Waals surface area contributed by atoms with Gasteiger partial charge in [0.15, 0.2) is 0 Å². The van der Waals surface area contributed by atoms with Crippen LogP contribution in [0.2, 0.25) is 0 Å². The van der Waals surface area contributed by atoms with Crippen LogP contribution in [0.3, 0.4) is 0 Å². The first kappa shape index (κ1) is 10.2. The van der Waals surface area contributed by atoms with Crippen molar-refractivity contribution in [2.75, 3.05) is 0 Å². The molecule has 1 aliphatic heterocycles. The van der Waals surface area contributed by atoms with Gasteiger partial charge in [-0.3, -0.25) is 0 Å². The Kier molecular flexibility index (Phi) is 2.37. The van der Waals surface area contributed by atoms with Gasteiger partial charge in [0.05, 0.1) is 0 Å². The third kappa shape index (κ3) is 1.40. The van der Waals surface area contributed by atoms with E-state index in [0.29, 0.717) is 0 Å². The number of rotatable bonds is 0. The van der Waals surface area contributed by atoms with Crippen LogP contribution in [0.25, 0.3) is 11.1 Å². The van der Waals surface area contributed by atoms with E-state index in [0.717, 1.165) is 0 Å². The number of hydrogen-bond acceptors (Lipinski definition) is 0. The molecule has 0 unspecified atom stereocenters. The van der Waals surface area contributed by atoms with Crippen molar-refractivity contribution < 1.29 is 0 Å². The van der Waals surface area contributed by atoms with Crippen molar-refractivity contribution in [1.29, 1.82) is 0 Å². The van der Waals surface area contributed by atoms with Crippen molar-refractivity contribution in [3.63, 3.8) is 0 Å². The van der Waals surface area contributed by atoms with Crippen molar-refractivity contribution in [3.8, 4) is 11.1 Å². The number of fused-ring (bicyclic) bond motifs is 3. The summed E-state index contributed by atoms with van der Waals surface area (Å²) in [5.41, 5.74) is 2.61. The Bertz CT molecular complexity index is 489. The molecule has 0 bridgehead atoms. The van der Waals surface area contributed by atoms with Crippen molar-refractivity contribution in [1.82, 2.24) is 0 Å². The third-order valence-electron chi connectivity index (χ3n) is 2.62. The molecule has 1 aliphatic rings. The molecular weight excluding hydrogens is 387 g/mol. The molecule has 2 aromatic carbocycles. The molecular formula is C12H8BrClTe. The molecule has 3 heteroatoms. The summed E-state index contributed by atoms with van der Waals surface area (Å²) < 4.78 is 2.64. The second-order valence-electron chi connectivity index (χ2n) is 3.46. The third-order valence-corrected chi connectivity index (χ3v) is 14.7. The summed E-state index contributed by atoms with van der Waals surface area (Å²) >= 11 is 1.13. The second-order valence-corrected chi connectivity index (χ2v) is 20.8. The van der Waals surface area contributed by atoms with Gasteiger partial charge < -0.3 is 0 Å². The van der Waals surface area contributed by atoms with E-state index in [4.69, 9.17) is 8.96 Å². The Balaban J connectivity index is 2.42. The van der Waals surface area contributed by atoms with Gasteiger partial charge in [0.25, 0.3) is 0 Å². The predicted octanol–water partition coefficient (Wildman–Crippen LogP) is 2.86. The van der Waals surface area contributed by atoms with Crippen molar-refractivity contribution in [3.05, 3.63) is 48.5 Å². The van der Waals surface area contributed by atoms with Gasteiger partial charge in [-0.2, -0.15) is 0 Å². The van der Waals surface area contributed by atoms with Crippen LogP contribution >= 0.6 is 21.7 Å². The molecule has 76 valence electrons. The maximum atomic E-state index is 6.74. The zero-order valence-corrected chi connectivity index (χ0v) is 12.5. The number of halogens is 2. The molecule has 0 amide bonds. The van der Waals surface area contributed by atoms with E-state index in [1.807, 2.05) is 0 Å². The minimum atomic E-state index is -2.66. The van der Waals surface area contributed by atoms with Gasteiger partial charge in [-0.1, -0.05) is 0 Å². The van der Waals surface area contributed by atoms with Crippen molar-refractivity contribution >= 4 is 43.8 Å². The average molecular weight is 395 g/mol. The molecule has 0 saturated carbocycles. The molecule has 0 atom stereocenters. The average Bonchev–Trinajstić information content (AvgIpc) is 2.51. The van der Waals surface area contributed by atoms with E-state index in [1.54, 1.807) is 0 Å². The van der Waals surface area contributed by atoms with Crippen LogP contribution < -0.4 is 7.22 Å². The van der Waals surface area contributed by atoms with Gasteiger partial charge in [0.2, 0.25) is 0 Å². The molecule has 0 spiro atoms. The zero-order chi connectivity index (χ0) is 10.5. The molecule has 0 aliphatic carbocycles. The fourth-order valence-corrected chi connectivity index (χ4v) is 12.2. The summed E-state index contributed by atoms with van der Waals surface area (Å²) in [4.78, 5) is 0. The first-order valence-electron chi connectivity index (χ1n) is 4.62. The summed E-state index contributed by atoms with van der Waals surface area (Å²) in [6, 6.07) is 16.9. The Morgan fingerprint density at radius 3 is 1.67 bits per heavy atom. The van der Waals surface area contributed by atoms with Crippen LogP contribution in [-0.4, -0.2) is 14.9 Å².